The van der Waals surface area contributed by atoms with E-state index >= 15 is 0 Å². The summed E-state index contributed by atoms with van der Waals surface area (Å²) >= 11 is 0. The van der Waals surface area contributed by atoms with Gasteiger partial charge in [-0.25, -0.2) is 0 Å². The van der Waals surface area contributed by atoms with Crippen molar-refractivity contribution < 1.29 is 9.15 Å². The van der Waals surface area contributed by atoms with Gasteiger partial charge in [0.2, 0.25) is 0 Å². The lowest BCUT2D eigenvalue weighted by Gasteiger charge is -2.37. The van der Waals surface area contributed by atoms with Gasteiger partial charge < -0.3 is 14.5 Å². The minimum atomic E-state index is 0.523. The van der Waals surface area contributed by atoms with Crippen molar-refractivity contribution >= 4 is 0 Å². The molecule has 1 fully saturated rings. The van der Waals surface area contributed by atoms with Gasteiger partial charge in [-0.2, -0.15) is 5.10 Å². The number of aromatic nitrogens is 2. The van der Waals surface area contributed by atoms with Crippen LogP contribution in [0, 0.1) is 12.8 Å². The third-order valence-electron chi connectivity index (χ3n) is 4.66. The lowest BCUT2D eigenvalue weighted by atomic mass is 10.0. The number of nitrogens with zero attached hydrogens (tertiary/aromatic N) is 2. The summed E-state index contributed by atoms with van der Waals surface area (Å²) < 4.78 is 11.2. The predicted molar refractivity (Wildman–Crippen MR) is 93.8 cm³/mol. The van der Waals surface area contributed by atoms with E-state index in [1.807, 2.05) is 25.3 Å². The second-order valence-electron chi connectivity index (χ2n) is 6.77. The van der Waals surface area contributed by atoms with Gasteiger partial charge in [-0.1, -0.05) is 13.8 Å². The molecule has 0 spiro atoms. The summed E-state index contributed by atoms with van der Waals surface area (Å²) in [6.07, 6.45) is 1.87. The summed E-state index contributed by atoms with van der Waals surface area (Å²) in [6, 6.07) is 4.48. The van der Waals surface area contributed by atoms with Crippen LogP contribution in [0.2, 0.25) is 0 Å². The number of H-pyrrole nitrogens is 1. The normalized spacial score (nSPS) is 17.5. The Labute approximate surface area is 143 Å². The van der Waals surface area contributed by atoms with E-state index in [9.17, 15) is 0 Å². The number of aromatic amines is 1. The Kier molecular flexibility index (Phi) is 5.71. The molecule has 24 heavy (non-hydrogen) atoms. The van der Waals surface area contributed by atoms with Gasteiger partial charge in [0.1, 0.15) is 11.5 Å². The molecule has 3 heterocycles. The first kappa shape index (κ1) is 17.2. The molecule has 0 bridgehead atoms. The minimum absolute atomic E-state index is 0.523. The Morgan fingerprint density at radius 2 is 2.08 bits per heavy atom. The highest BCUT2D eigenvalue weighted by molar-refractivity contribution is 5.56. The molecular weight excluding hydrogens is 304 g/mol. The van der Waals surface area contributed by atoms with Crippen LogP contribution < -0.4 is 5.32 Å². The highest BCUT2D eigenvalue weighted by Crippen LogP contribution is 2.23. The third kappa shape index (κ3) is 4.06. The van der Waals surface area contributed by atoms with E-state index in [0.717, 1.165) is 62.2 Å². The third-order valence-corrected chi connectivity index (χ3v) is 4.66. The van der Waals surface area contributed by atoms with Crippen molar-refractivity contribution in [2.24, 2.45) is 5.92 Å². The van der Waals surface area contributed by atoms with Crippen molar-refractivity contribution in [3.05, 3.63) is 29.7 Å². The van der Waals surface area contributed by atoms with Crippen molar-refractivity contribution in [1.29, 1.82) is 0 Å². The van der Waals surface area contributed by atoms with Crippen LogP contribution in [0.5, 0.6) is 0 Å². The summed E-state index contributed by atoms with van der Waals surface area (Å²) in [5, 5.41) is 10.8. The van der Waals surface area contributed by atoms with Crippen LogP contribution in [0.15, 0.2) is 22.7 Å². The average Bonchev–Trinajstić information content (AvgIpc) is 3.20. The molecule has 132 valence electrons. The van der Waals surface area contributed by atoms with Gasteiger partial charge in [-0.05, 0) is 25.0 Å². The van der Waals surface area contributed by atoms with Gasteiger partial charge in [-0.15, -0.1) is 0 Å². The lowest BCUT2D eigenvalue weighted by Crippen LogP contribution is -2.50. The fraction of sp³-hybridized carbons (Fsp3) is 0.611. The van der Waals surface area contributed by atoms with E-state index < -0.39 is 0 Å². The van der Waals surface area contributed by atoms with Gasteiger partial charge in [0.05, 0.1) is 19.4 Å². The van der Waals surface area contributed by atoms with Gasteiger partial charge >= 0.3 is 0 Å². The Hall–Kier alpha value is -1.63. The standard InChI is InChI=1S/C18H28N4O2/c1-13(2)16(22-6-8-23-9-7-22)12-19-10-15-11-20-21-18(15)17-5-4-14(3)24-17/h4-5,11,13,16,19H,6-10,12H2,1-3H3,(H,20,21)/t16-/m1/s1. The van der Waals surface area contributed by atoms with Crippen LogP contribution in [-0.4, -0.2) is 54.0 Å². The summed E-state index contributed by atoms with van der Waals surface area (Å²) in [6.45, 7) is 12.0. The van der Waals surface area contributed by atoms with Gasteiger partial charge in [-0.3, -0.25) is 10.00 Å². The Morgan fingerprint density at radius 3 is 2.75 bits per heavy atom. The molecule has 0 aromatic carbocycles. The molecule has 1 aliphatic rings. The van der Waals surface area contributed by atoms with Crippen molar-refractivity contribution in [2.45, 2.75) is 33.4 Å². The predicted octanol–water partition coefficient (Wildman–Crippen LogP) is 2.42. The summed E-state index contributed by atoms with van der Waals surface area (Å²) in [5.74, 6) is 2.35. The van der Waals surface area contributed by atoms with Gasteiger partial charge in [0.25, 0.3) is 0 Å². The largest absolute Gasteiger partial charge is 0.460 e. The first-order valence-electron chi connectivity index (χ1n) is 8.76. The Balaban J connectivity index is 1.58. The highest BCUT2D eigenvalue weighted by Gasteiger charge is 2.23. The molecule has 0 unspecified atom stereocenters. The topological polar surface area (TPSA) is 66.3 Å². The van der Waals surface area contributed by atoms with Crippen molar-refractivity contribution in [1.82, 2.24) is 20.4 Å². The number of rotatable bonds is 7. The van der Waals surface area contributed by atoms with E-state index in [-0.39, 0.29) is 0 Å². The summed E-state index contributed by atoms with van der Waals surface area (Å²) in [7, 11) is 0. The van der Waals surface area contributed by atoms with E-state index in [4.69, 9.17) is 9.15 Å². The van der Waals surface area contributed by atoms with Gasteiger partial charge in [0.15, 0.2) is 5.76 Å². The fourth-order valence-electron chi connectivity index (χ4n) is 3.28. The average molecular weight is 332 g/mol. The summed E-state index contributed by atoms with van der Waals surface area (Å²) in [5.41, 5.74) is 2.09. The first-order chi connectivity index (χ1) is 11.6. The van der Waals surface area contributed by atoms with Crippen LogP contribution in [0.3, 0.4) is 0 Å². The number of morpholine rings is 1. The molecule has 1 saturated heterocycles. The van der Waals surface area contributed by atoms with Gasteiger partial charge in [0, 0.05) is 37.8 Å². The quantitative estimate of drug-likeness (QED) is 0.815. The fourth-order valence-corrected chi connectivity index (χ4v) is 3.28. The number of ether oxygens (including phenoxy) is 1. The van der Waals surface area contributed by atoms with Crippen LogP contribution in [-0.2, 0) is 11.3 Å². The molecule has 3 rings (SSSR count). The molecule has 0 amide bonds. The second kappa shape index (κ2) is 7.96. The zero-order valence-electron chi connectivity index (χ0n) is 14.8. The molecule has 1 aliphatic heterocycles. The molecule has 0 saturated carbocycles. The summed E-state index contributed by atoms with van der Waals surface area (Å²) in [4.78, 5) is 2.54. The monoisotopic (exact) mass is 332 g/mol. The lowest BCUT2D eigenvalue weighted by molar-refractivity contribution is 0.00648. The Morgan fingerprint density at radius 1 is 1.29 bits per heavy atom. The number of aryl methyl sites for hydroxylation is 1. The smallest absolute Gasteiger partial charge is 0.152 e. The zero-order chi connectivity index (χ0) is 16.9. The van der Waals surface area contributed by atoms with E-state index in [1.54, 1.807) is 0 Å². The maximum absolute atomic E-state index is 5.71. The Bertz CT molecular complexity index is 629. The van der Waals surface area contributed by atoms with E-state index in [1.165, 1.54) is 0 Å². The zero-order valence-corrected chi connectivity index (χ0v) is 14.8. The van der Waals surface area contributed by atoms with Crippen LogP contribution >= 0.6 is 0 Å². The van der Waals surface area contributed by atoms with Crippen molar-refractivity contribution in [3.8, 4) is 11.5 Å². The number of furan rings is 1. The number of nitrogens with one attached hydrogen (secondary N) is 2. The molecule has 1 atom stereocenters. The SMILES string of the molecule is Cc1ccc(-c2[nH]ncc2CNC[C@H](C(C)C)N2CCOCC2)o1. The number of hydrogen-bond acceptors (Lipinski definition) is 5. The molecule has 0 aliphatic carbocycles. The molecule has 0 radical (unpaired) electrons. The second-order valence-corrected chi connectivity index (χ2v) is 6.77. The first-order valence-corrected chi connectivity index (χ1v) is 8.76. The minimum Gasteiger partial charge on any atom is -0.460 e. The van der Waals surface area contributed by atoms with Crippen molar-refractivity contribution in [2.75, 3.05) is 32.8 Å². The number of hydrogen-bond donors (Lipinski definition) is 2. The maximum atomic E-state index is 5.71. The molecule has 6 heteroatoms. The molecule has 2 N–H and O–H groups in total. The molecule has 2 aromatic heterocycles. The molecular formula is C18H28N4O2. The van der Waals surface area contributed by atoms with Crippen LogP contribution in [0.4, 0.5) is 0 Å². The highest BCUT2D eigenvalue weighted by atomic mass is 16.5. The van der Waals surface area contributed by atoms with E-state index in [2.05, 4.69) is 34.3 Å². The molecule has 2 aromatic rings. The van der Waals surface area contributed by atoms with E-state index in [0.29, 0.717) is 12.0 Å². The maximum Gasteiger partial charge on any atom is 0.152 e. The van der Waals surface area contributed by atoms with Crippen molar-refractivity contribution in [3.63, 3.8) is 0 Å². The molecule has 6 nitrogen and oxygen atoms in total. The van der Waals surface area contributed by atoms with Crippen LogP contribution in [0.25, 0.3) is 11.5 Å². The van der Waals surface area contributed by atoms with Crippen LogP contribution in [0.1, 0.15) is 25.2 Å².